The number of hydrogen-bond donors (Lipinski definition) is 2. The van der Waals surface area contributed by atoms with Gasteiger partial charge in [-0.05, 0) is 100 Å². The lowest BCUT2D eigenvalue weighted by atomic mass is 9.80. The maximum absolute atomic E-state index is 14.4. The SMILES string of the molecule is C=CCCC(C)(C)Cc1c(-c2cccnc2C(C)CC)n(CC(F)(F)F)c2ccc(/C(=C/C)N=C(C)CC3(C)CCCCNN3)cc12. The third-order valence-corrected chi connectivity index (χ3v) is 9.56. The van der Waals surface area contributed by atoms with Crippen LogP contribution in [0.5, 0.6) is 0 Å². The molecule has 8 heteroatoms. The molecule has 2 atom stereocenters. The number of aromatic nitrogens is 2. The second-order valence-corrected chi connectivity index (χ2v) is 14.4. The van der Waals surface area contributed by atoms with Gasteiger partial charge in [0.2, 0.25) is 0 Å². The second-order valence-electron chi connectivity index (χ2n) is 14.4. The normalized spacial score (nSPS) is 19.2. The molecule has 0 aliphatic carbocycles. The van der Waals surface area contributed by atoms with Crippen molar-refractivity contribution < 1.29 is 13.2 Å². The fraction of sp³-hybridized carbons (Fsp3) is 0.538. The lowest BCUT2D eigenvalue weighted by Crippen LogP contribution is -2.49. The Labute approximate surface area is 279 Å². The van der Waals surface area contributed by atoms with Gasteiger partial charge in [-0.3, -0.25) is 20.8 Å². The standard InChI is InChI=1S/C39H54F3N5/c1-9-12-19-37(6,7)25-32-31-23-29(33(11-3)45-28(5)24-38(8)20-13-14-22-44-46-38)17-18-34(31)47(26-39(40,41)42)36(32)30-16-15-21-43-35(30)27(4)10-2/h9,11,15-18,21,23,27,44,46H,1,10,12-14,19-20,22,24-26H2,2-8H3/b33-11-,45-28?. The van der Waals surface area contributed by atoms with E-state index in [1.807, 2.05) is 43.3 Å². The number of allylic oxidation sites excluding steroid dienone is 2. The van der Waals surface area contributed by atoms with Gasteiger partial charge in [0.15, 0.2) is 0 Å². The fourth-order valence-corrected chi connectivity index (χ4v) is 6.98. The number of hydrogen-bond acceptors (Lipinski definition) is 4. The zero-order valence-corrected chi connectivity index (χ0v) is 29.4. The average molecular weight is 650 g/mol. The van der Waals surface area contributed by atoms with Crippen molar-refractivity contribution >= 4 is 22.3 Å². The lowest BCUT2D eigenvalue weighted by molar-refractivity contribution is -0.139. The molecule has 1 aliphatic heterocycles. The van der Waals surface area contributed by atoms with Gasteiger partial charge in [-0.25, -0.2) is 0 Å². The fourth-order valence-electron chi connectivity index (χ4n) is 6.98. The molecule has 47 heavy (non-hydrogen) atoms. The molecule has 1 aromatic carbocycles. The van der Waals surface area contributed by atoms with Crippen molar-refractivity contribution in [1.82, 2.24) is 20.4 Å². The molecule has 2 unspecified atom stereocenters. The Morgan fingerprint density at radius 3 is 2.66 bits per heavy atom. The van der Waals surface area contributed by atoms with Crippen LogP contribution in [0, 0.1) is 5.41 Å². The van der Waals surface area contributed by atoms with Crippen LogP contribution in [0.1, 0.15) is 116 Å². The number of aliphatic imine (C=N–C) groups is 1. The molecule has 3 heterocycles. The minimum Gasteiger partial charge on any atom is -0.331 e. The Bertz CT molecular complexity index is 1590. The largest absolute Gasteiger partial charge is 0.406 e. The van der Waals surface area contributed by atoms with Crippen molar-refractivity contribution in [3.05, 3.63) is 72.1 Å². The monoisotopic (exact) mass is 649 g/mol. The summed E-state index contributed by atoms with van der Waals surface area (Å²) in [4.78, 5) is 9.81. The van der Waals surface area contributed by atoms with E-state index in [4.69, 9.17) is 9.98 Å². The van der Waals surface area contributed by atoms with Crippen molar-refractivity contribution in [2.75, 3.05) is 6.54 Å². The van der Waals surface area contributed by atoms with Gasteiger partial charge in [0.05, 0.1) is 17.1 Å². The van der Waals surface area contributed by atoms with E-state index in [1.165, 1.54) is 4.57 Å². The number of fused-ring (bicyclic) bond motifs is 1. The van der Waals surface area contributed by atoms with E-state index < -0.39 is 12.7 Å². The number of benzene rings is 1. The summed E-state index contributed by atoms with van der Waals surface area (Å²) in [6.07, 6.45) is 8.53. The van der Waals surface area contributed by atoms with Crippen LogP contribution < -0.4 is 10.9 Å². The van der Waals surface area contributed by atoms with Crippen LogP contribution in [0.2, 0.25) is 0 Å². The highest BCUT2D eigenvalue weighted by Crippen LogP contribution is 2.43. The summed E-state index contributed by atoms with van der Waals surface area (Å²) in [6.45, 7) is 18.6. The molecule has 4 rings (SSSR count). The number of rotatable bonds is 13. The molecular weight excluding hydrogens is 595 g/mol. The van der Waals surface area contributed by atoms with Gasteiger partial charge >= 0.3 is 6.18 Å². The molecule has 2 aromatic heterocycles. The van der Waals surface area contributed by atoms with Gasteiger partial charge in [0.1, 0.15) is 6.54 Å². The predicted octanol–water partition coefficient (Wildman–Crippen LogP) is 10.6. The van der Waals surface area contributed by atoms with E-state index in [-0.39, 0.29) is 16.9 Å². The molecule has 1 aliphatic rings. The number of nitrogens with zero attached hydrogens (tertiary/aromatic N) is 3. The number of nitrogens with one attached hydrogen (secondary N) is 2. The van der Waals surface area contributed by atoms with Crippen LogP contribution in [-0.4, -0.2) is 33.5 Å². The van der Waals surface area contributed by atoms with E-state index in [9.17, 15) is 13.2 Å². The van der Waals surface area contributed by atoms with Gasteiger partial charge < -0.3 is 4.57 Å². The van der Waals surface area contributed by atoms with Crippen LogP contribution in [0.3, 0.4) is 0 Å². The molecule has 0 radical (unpaired) electrons. The van der Waals surface area contributed by atoms with Gasteiger partial charge in [0, 0.05) is 52.4 Å². The van der Waals surface area contributed by atoms with Gasteiger partial charge in [-0.15, -0.1) is 6.58 Å². The molecule has 3 aromatic rings. The Hall–Kier alpha value is -3.23. The zero-order chi connectivity index (χ0) is 34.4. The van der Waals surface area contributed by atoms with Crippen LogP contribution >= 0.6 is 0 Å². The van der Waals surface area contributed by atoms with Crippen LogP contribution in [0.25, 0.3) is 27.9 Å². The highest BCUT2D eigenvalue weighted by Gasteiger charge is 2.34. The second kappa shape index (κ2) is 15.3. The van der Waals surface area contributed by atoms with Crippen LogP contribution in [-0.2, 0) is 13.0 Å². The summed E-state index contributed by atoms with van der Waals surface area (Å²) in [5.74, 6) is 0.0904. The molecular formula is C39H54F3N5. The molecule has 1 fully saturated rings. The summed E-state index contributed by atoms with van der Waals surface area (Å²) in [6, 6.07) is 9.61. The van der Waals surface area contributed by atoms with Crippen molar-refractivity contribution in [3.8, 4) is 11.3 Å². The first kappa shape index (κ1) is 36.6. The maximum Gasteiger partial charge on any atom is 0.406 e. The Balaban J connectivity index is 1.94. The van der Waals surface area contributed by atoms with E-state index in [1.54, 1.807) is 6.20 Å². The van der Waals surface area contributed by atoms with E-state index in [0.29, 0.717) is 17.6 Å². The maximum atomic E-state index is 14.4. The Morgan fingerprint density at radius 2 is 1.98 bits per heavy atom. The smallest absolute Gasteiger partial charge is 0.331 e. The third-order valence-electron chi connectivity index (χ3n) is 9.56. The quantitative estimate of drug-likeness (QED) is 0.143. The molecule has 5 nitrogen and oxygen atoms in total. The molecule has 2 N–H and O–H groups in total. The molecule has 0 saturated carbocycles. The predicted molar refractivity (Wildman–Crippen MR) is 192 cm³/mol. The molecule has 0 amide bonds. The highest BCUT2D eigenvalue weighted by molar-refractivity contribution is 5.96. The highest BCUT2D eigenvalue weighted by atomic mass is 19.4. The summed E-state index contributed by atoms with van der Waals surface area (Å²) in [5.41, 5.74) is 13.0. The average Bonchev–Trinajstić information content (AvgIpc) is 3.13. The summed E-state index contributed by atoms with van der Waals surface area (Å²) < 4.78 is 44.6. The molecule has 0 bridgehead atoms. The lowest BCUT2D eigenvalue weighted by Gasteiger charge is -2.29. The Kier molecular flexibility index (Phi) is 11.9. The summed E-state index contributed by atoms with van der Waals surface area (Å²) in [5, 5.41) is 0.834. The third kappa shape index (κ3) is 9.23. The van der Waals surface area contributed by atoms with Crippen LogP contribution in [0.4, 0.5) is 13.2 Å². The minimum atomic E-state index is -4.40. The molecule has 0 spiro atoms. The van der Waals surface area contributed by atoms with E-state index >= 15 is 0 Å². The minimum absolute atomic E-state index is 0.0904. The van der Waals surface area contributed by atoms with Gasteiger partial charge in [-0.2, -0.15) is 13.2 Å². The van der Waals surface area contributed by atoms with Crippen molar-refractivity contribution in [1.29, 1.82) is 0 Å². The first-order valence-electron chi connectivity index (χ1n) is 17.2. The molecule has 1 saturated heterocycles. The van der Waals surface area contributed by atoms with E-state index in [2.05, 4.69) is 65.0 Å². The van der Waals surface area contributed by atoms with Crippen LogP contribution in [0.15, 0.2) is 60.3 Å². The zero-order valence-electron chi connectivity index (χ0n) is 29.4. The van der Waals surface area contributed by atoms with Crippen molar-refractivity contribution in [2.24, 2.45) is 10.4 Å². The van der Waals surface area contributed by atoms with Gasteiger partial charge in [-0.1, -0.05) is 52.3 Å². The first-order valence-corrected chi connectivity index (χ1v) is 17.2. The number of halogens is 3. The van der Waals surface area contributed by atoms with Crippen molar-refractivity contribution in [3.63, 3.8) is 0 Å². The van der Waals surface area contributed by atoms with Gasteiger partial charge in [0.25, 0.3) is 0 Å². The topological polar surface area (TPSA) is 54.2 Å². The number of hydrazine groups is 1. The number of alkyl halides is 3. The summed E-state index contributed by atoms with van der Waals surface area (Å²) >= 11 is 0. The first-order chi connectivity index (χ1) is 22.2. The molecule has 256 valence electrons. The number of pyridine rings is 1. The summed E-state index contributed by atoms with van der Waals surface area (Å²) in [7, 11) is 0. The van der Waals surface area contributed by atoms with E-state index in [0.717, 1.165) is 90.7 Å². The van der Waals surface area contributed by atoms with Crippen molar-refractivity contribution in [2.45, 2.75) is 124 Å². The Morgan fingerprint density at radius 1 is 1.21 bits per heavy atom.